The van der Waals surface area contributed by atoms with E-state index < -0.39 is 23.8 Å². The van der Waals surface area contributed by atoms with E-state index in [0.29, 0.717) is 18.8 Å². The standard InChI is InChI=1S/C12H14O5/c13-10(11(14)15)9-6-1-5-2-7(4-6)12(16)17-8(9)3-5/h5-9H,1-4H2,(H,14,15). The lowest BCUT2D eigenvalue weighted by atomic mass is 9.62. The van der Waals surface area contributed by atoms with E-state index in [4.69, 9.17) is 9.84 Å². The second-order valence-corrected chi connectivity index (χ2v) is 5.44. The van der Waals surface area contributed by atoms with Gasteiger partial charge in [0.05, 0.1) is 11.8 Å². The average molecular weight is 238 g/mol. The molecular weight excluding hydrogens is 224 g/mol. The smallest absolute Gasteiger partial charge is 0.372 e. The summed E-state index contributed by atoms with van der Waals surface area (Å²) in [6.45, 7) is 0. The van der Waals surface area contributed by atoms with Crippen LogP contribution in [0.15, 0.2) is 0 Å². The third kappa shape index (κ3) is 1.56. The van der Waals surface area contributed by atoms with E-state index in [1.165, 1.54) is 0 Å². The van der Waals surface area contributed by atoms with E-state index in [0.717, 1.165) is 12.8 Å². The number of Topliss-reactive ketones (excluding diaryl/α,β-unsaturated/α-hetero) is 1. The van der Waals surface area contributed by atoms with Crippen LogP contribution in [0.4, 0.5) is 0 Å². The number of aliphatic carboxylic acids is 1. The second-order valence-electron chi connectivity index (χ2n) is 5.44. The van der Waals surface area contributed by atoms with Gasteiger partial charge in [-0.15, -0.1) is 0 Å². The maximum atomic E-state index is 11.7. The Morgan fingerprint density at radius 3 is 2.65 bits per heavy atom. The number of carboxylic acid groups (broad SMARTS) is 1. The monoisotopic (exact) mass is 238 g/mol. The van der Waals surface area contributed by atoms with E-state index in [2.05, 4.69) is 0 Å². The van der Waals surface area contributed by atoms with Crippen molar-refractivity contribution >= 4 is 17.7 Å². The molecule has 0 spiro atoms. The summed E-state index contributed by atoms with van der Waals surface area (Å²) in [7, 11) is 0. The first kappa shape index (κ1) is 10.7. The van der Waals surface area contributed by atoms with E-state index in [1.54, 1.807) is 0 Å². The van der Waals surface area contributed by atoms with Crippen molar-refractivity contribution in [2.45, 2.75) is 31.8 Å². The van der Waals surface area contributed by atoms with Crippen molar-refractivity contribution in [3.63, 3.8) is 0 Å². The van der Waals surface area contributed by atoms with E-state index in [9.17, 15) is 14.4 Å². The van der Waals surface area contributed by atoms with Crippen molar-refractivity contribution in [1.82, 2.24) is 0 Å². The van der Waals surface area contributed by atoms with Gasteiger partial charge in [0.15, 0.2) is 0 Å². The molecular formula is C12H14O5. The van der Waals surface area contributed by atoms with Crippen molar-refractivity contribution in [3.8, 4) is 0 Å². The number of carbonyl (C=O) groups is 3. The molecule has 4 rings (SSSR count). The number of carboxylic acids is 1. The highest BCUT2D eigenvalue weighted by Crippen LogP contribution is 2.50. The molecule has 4 fully saturated rings. The third-order valence-corrected chi connectivity index (χ3v) is 4.43. The topological polar surface area (TPSA) is 80.7 Å². The van der Waals surface area contributed by atoms with Crippen LogP contribution in [-0.4, -0.2) is 28.9 Å². The summed E-state index contributed by atoms with van der Waals surface area (Å²) in [6, 6.07) is 0. The minimum absolute atomic E-state index is 0.0209. The summed E-state index contributed by atoms with van der Waals surface area (Å²) >= 11 is 0. The normalized spacial score (nSPS) is 43.1. The molecule has 4 aliphatic rings. The summed E-state index contributed by atoms with van der Waals surface area (Å²) in [5.41, 5.74) is 0. The Kier molecular flexibility index (Phi) is 2.24. The summed E-state index contributed by atoms with van der Waals surface area (Å²) in [6.07, 6.45) is 2.49. The predicted molar refractivity (Wildman–Crippen MR) is 55.0 cm³/mol. The Hall–Kier alpha value is -1.39. The van der Waals surface area contributed by atoms with Crippen LogP contribution in [0.3, 0.4) is 0 Å². The zero-order valence-electron chi connectivity index (χ0n) is 9.30. The van der Waals surface area contributed by atoms with Crippen LogP contribution in [0.2, 0.25) is 0 Å². The quantitative estimate of drug-likeness (QED) is 0.563. The molecule has 2 heterocycles. The number of fused-ring (bicyclic) bond motifs is 1. The number of ketones is 1. The molecule has 5 atom stereocenters. The molecule has 5 heteroatoms. The van der Waals surface area contributed by atoms with Gasteiger partial charge in [-0.05, 0) is 37.5 Å². The first-order valence-electron chi connectivity index (χ1n) is 6.04. The highest BCUT2D eigenvalue weighted by atomic mass is 16.5. The van der Waals surface area contributed by atoms with Crippen molar-refractivity contribution in [3.05, 3.63) is 0 Å². The number of hydrogen-bond donors (Lipinski definition) is 1. The van der Waals surface area contributed by atoms with Crippen LogP contribution in [0.1, 0.15) is 25.7 Å². The summed E-state index contributed by atoms with van der Waals surface area (Å²) in [4.78, 5) is 34.2. The molecule has 0 amide bonds. The number of rotatable bonds is 2. The largest absolute Gasteiger partial charge is 0.475 e. The minimum atomic E-state index is -1.40. The lowest BCUT2D eigenvalue weighted by Gasteiger charge is -2.40. The molecule has 2 aliphatic carbocycles. The van der Waals surface area contributed by atoms with Crippen LogP contribution in [0.25, 0.3) is 0 Å². The molecule has 2 saturated heterocycles. The Labute approximate surface area is 98.1 Å². The Balaban J connectivity index is 1.94. The van der Waals surface area contributed by atoms with Gasteiger partial charge < -0.3 is 9.84 Å². The zero-order chi connectivity index (χ0) is 12.2. The Morgan fingerprint density at radius 2 is 1.94 bits per heavy atom. The molecule has 1 N–H and O–H groups in total. The Bertz CT molecular complexity index is 402. The van der Waals surface area contributed by atoms with Crippen molar-refractivity contribution < 1.29 is 24.2 Å². The van der Waals surface area contributed by atoms with Gasteiger partial charge >= 0.3 is 11.9 Å². The second kappa shape index (κ2) is 3.55. The molecule has 17 heavy (non-hydrogen) atoms. The van der Waals surface area contributed by atoms with Crippen LogP contribution in [-0.2, 0) is 19.1 Å². The highest BCUT2D eigenvalue weighted by molar-refractivity contribution is 6.33. The maximum Gasteiger partial charge on any atom is 0.372 e. The molecule has 2 saturated carbocycles. The minimum Gasteiger partial charge on any atom is -0.475 e. The SMILES string of the molecule is O=C(O)C(=O)C1C2CC3CC(C2)C(=O)OC1C3. The van der Waals surface area contributed by atoms with Crippen LogP contribution >= 0.6 is 0 Å². The molecule has 5 nitrogen and oxygen atoms in total. The fraction of sp³-hybridized carbons (Fsp3) is 0.750. The number of ether oxygens (including phenoxy) is 1. The number of esters is 1. The van der Waals surface area contributed by atoms with E-state index in [-0.39, 0.29) is 17.8 Å². The van der Waals surface area contributed by atoms with Gasteiger partial charge in [0.2, 0.25) is 5.78 Å². The van der Waals surface area contributed by atoms with Crippen LogP contribution < -0.4 is 0 Å². The zero-order valence-corrected chi connectivity index (χ0v) is 9.30. The fourth-order valence-electron chi connectivity index (χ4n) is 3.83. The van der Waals surface area contributed by atoms with Crippen molar-refractivity contribution in [2.24, 2.45) is 23.7 Å². The van der Waals surface area contributed by atoms with Gasteiger partial charge in [-0.2, -0.15) is 0 Å². The van der Waals surface area contributed by atoms with Crippen LogP contribution in [0, 0.1) is 23.7 Å². The summed E-state index contributed by atoms with van der Waals surface area (Å²) < 4.78 is 5.30. The lowest BCUT2D eigenvalue weighted by molar-refractivity contribution is -0.161. The van der Waals surface area contributed by atoms with Gasteiger partial charge in [0.25, 0.3) is 0 Å². The van der Waals surface area contributed by atoms with Crippen molar-refractivity contribution in [2.75, 3.05) is 0 Å². The molecule has 2 aliphatic heterocycles. The molecule has 0 radical (unpaired) electrons. The average Bonchev–Trinajstić information content (AvgIpc) is 2.42. The van der Waals surface area contributed by atoms with Crippen LogP contribution in [0.5, 0.6) is 0 Å². The molecule has 0 aromatic heterocycles. The first-order valence-corrected chi connectivity index (χ1v) is 6.04. The number of hydrogen-bond acceptors (Lipinski definition) is 4. The van der Waals surface area contributed by atoms with E-state index >= 15 is 0 Å². The van der Waals surface area contributed by atoms with Crippen molar-refractivity contribution in [1.29, 1.82) is 0 Å². The van der Waals surface area contributed by atoms with Gasteiger partial charge in [0, 0.05) is 0 Å². The third-order valence-electron chi connectivity index (χ3n) is 4.43. The fourth-order valence-corrected chi connectivity index (χ4v) is 3.83. The summed E-state index contributed by atoms with van der Waals surface area (Å²) in [5, 5.41) is 8.83. The van der Waals surface area contributed by atoms with Gasteiger partial charge in [-0.1, -0.05) is 0 Å². The Morgan fingerprint density at radius 1 is 1.18 bits per heavy atom. The predicted octanol–water partition coefficient (Wildman–Crippen LogP) is 0.618. The molecule has 92 valence electrons. The first-order chi connectivity index (χ1) is 8.06. The maximum absolute atomic E-state index is 11.7. The number of carbonyl (C=O) groups excluding carboxylic acids is 2. The molecule has 0 aromatic carbocycles. The van der Waals surface area contributed by atoms with E-state index in [1.807, 2.05) is 0 Å². The van der Waals surface area contributed by atoms with Gasteiger partial charge in [-0.3, -0.25) is 9.59 Å². The molecule has 4 bridgehead atoms. The molecule has 5 unspecified atom stereocenters. The van der Waals surface area contributed by atoms with Gasteiger partial charge in [0.1, 0.15) is 6.10 Å². The molecule has 0 aromatic rings. The highest BCUT2D eigenvalue weighted by Gasteiger charge is 2.53. The lowest BCUT2D eigenvalue weighted by Crippen LogP contribution is -2.45. The summed E-state index contributed by atoms with van der Waals surface area (Å²) in [5.74, 6) is -2.70. The van der Waals surface area contributed by atoms with Gasteiger partial charge in [-0.25, -0.2) is 4.79 Å².